The van der Waals surface area contributed by atoms with E-state index in [-0.39, 0.29) is 0 Å². The summed E-state index contributed by atoms with van der Waals surface area (Å²) < 4.78 is 30.9. The molecule has 1 saturated carbocycles. The lowest BCUT2D eigenvalue weighted by Crippen LogP contribution is -2.24. The predicted octanol–water partition coefficient (Wildman–Crippen LogP) is 18.5. The third-order valence-electron chi connectivity index (χ3n) is 15.1. The van der Waals surface area contributed by atoms with Crippen molar-refractivity contribution in [3.8, 4) is 23.0 Å². The van der Waals surface area contributed by atoms with E-state index < -0.39 is 0 Å². The second-order valence-electron chi connectivity index (χ2n) is 19.4. The first kappa shape index (κ1) is 49.7. The van der Waals surface area contributed by atoms with Gasteiger partial charge in [0.15, 0.2) is 23.0 Å². The van der Waals surface area contributed by atoms with Gasteiger partial charge in [0.1, 0.15) is 0 Å². The molecule has 0 aromatic heterocycles. The van der Waals surface area contributed by atoms with Gasteiger partial charge >= 0.3 is 0 Å². The van der Waals surface area contributed by atoms with E-state index >= 15 is 0 Å². The average Bonchev–Trinajstić information content (AvgIpc) is 3.30. The molecule has 4 aromatic carbocycles. The highest BCUT2D eigenvalue weighted by Crippen LogP contribution is 2.56. The molecule has 3 aliphatic carbocycles. The third-order valence-corrected chi connectivity index (χ3v) is 17.3. The molecule has 4 atom stereocenters. The molecule has 344 valence electrons. The first-order valence-corrected chi connectivity index (χ1v) is 27.8. The van der Waals surface area contributed by atoms with Crippen LogP contribution in [0.4, 0.5) is 0 Å². The summed E-state index contributed by atoms with van der Waals surface area (Å²) in [7, 11) is 0. The molecule has 0 spiro atoms. The van der Waals surface area contributed by atoms with Crippen LogP contribution < -0.4 is 18.9 Å². The standard InChI is InChI=1S/C56H82I2O4/c1-9-17-21-37(13-5)33-59-47-29-43-44-30-48(60-34-38(14-6)22-18-10-2)50(62-36-40(16-8)24-20-12-4)32-46(44)54-53(45(43)31-49(47)61-35-39(15-7)23-19-11-3)55(57)51-41-25-27-42(28-26-41)52(51)56(54)58/h29-32,37-42H,9-28,33-36H2,1-8H3. The van der Waals surface area contributed by atoms with Crippen LogP contribution >= 0.6 is 45.2 Å². The Hall–Kier alpha value is -1.68. The molecule has 1 fully saturated rings. The van der Waals surface area contributed by atoms with Crippen molar-refractivity contribution in [1.82, 2.24) is 0 Å². The van der Waals surface area contributed by atoms with E-state index in [0.29, 0.717) is 48.7 Å². The van der Waals surface area contributed by atoms with Crippen LogP contribution in [0.15, 0.2) is 24.3 Å². The fraction of sp³-hybridized carbons (Fsp3) is 0.679. The van der Waals surface area contributed by atoms with E-state index in [4.69, 9.17) is 18.9 Å². The van der Waals surface area contributed by atoms with Gasteiger partial charge in [0.05, 0.1) is 26.4 Å². The Morgan fingerprint density at radius 1 is 0.419 bits per heavy atom. The van der Waals surface area contributed by atoms with Crippen molar-refractivity contribution in [2.75, 3.05) is 26.4 Å². The average molecular weight is 1070 g/mol. The van der Waals surface area contributed by atoms with Crippen molar-refractivity contribution in [3.63, 3.8) is 0 Å². The lowest BCUT2D eigenvalue weighted by atomic mass is 9.66. The first-order chi connectivity index (χ1) is 30.2. The SMILES string of the molecule is CCCCC(CC)COc1cc2c3cc(OCC(CC)CCCC)c(OCC(CC)CCCC)cc3c3c(I)c4c(c(I)c3c2cc1OCC(CC)CCCC)C1CCC4CC1. The number of halogens is 2. The third kappa shape index (κ3) is 11.6. The Balaban J connectivity index is 1.62. The van der Waals surface area contributed by atoms with Crippen LogP contribution in [0.3, 0.4) is 0 Å². The first-order valence-electron chi connectivity index (χ1n) is 25.7. The molecule has 4 unspecified atom stereocenters. The van der Waals surface area contributed by atoms with Crippen molar-refractivity contribution in [2.45, 2.75) is 196 Å². The zero-order chi connectivity index (χ0) is 44.2. The summed E-state index contributed by atoms with van der Waals surface area (Å²) in [6.45, 7) is 21.3. The fourth-order valence-corrected chi connectivity index (χ4v) is 13.1. The monoisotopic (exact) mass is 1070 g/mol. The van der Waals surface area contributed by atoms with Gasteiger partial charge in [0, 0.05) is 17.9 Å². The molecule has 62 heavy (non-hydrogen) atoms. The molecule has 0 saturated heterocycles. The molecular weight excluding hydrogens is 990 g/mol. The highest BCUT2D eigenvalue weighted by Gasteiger charge is 2.38. The van der Waals surface area contributed by atoms with Gasteiger partial charge in [-0.15, -0.1) is 0 Å². The number of unbranched alkanes of at least 4 members (excludes halogenated alkanes) is 4. The van der Waals surface area contributed by atoms with E-state index in [0.717, 1.165) is 61.9 Å². The summed E-state index contributed by atoms with van der Waals surface area (Å²) in [6, 6.07) is 9.50. The zero-order valence-corrected chi connectivity index (χ0v) is 44.4. The van der Waals surface area contributed by atoms with Crippen LogP contribution in [0, 0.1) is 30.8 Å². The number of ether oxygens (including phenoxy) is 4. The second kappa shape index (κ2) is 24.7. The van der Waals surface area contributed by atoms with Crippen LogP contribution in [0.25, 0.3) is 32.3 Å². The van der Waals surface area contributed by atoms with Crippen LogP contribution in [0.1, 0.15) is 207 Å². The molecule has 3 aliphatic rings. The molecule has 0 aliphatic heterocycles. The molecule has 0 radical (unpaired) electrons. The number of benzene rings is 4. The van der Waals surface area contributed by atoms with Gasteiger partial charge in [-0.3, -0.25) is 0 Å². The lowest BCUT2D eigenvalue weighted by molar-refractivity contribution is 0.199. The van der Waals surface area contributed by atoms with Crippen LogP contribution in [0.2, 0.25) is 0 Å². The van der Waals surface area contributed by atoms with E-state index in [1.807, 2.05) is 0 Å². The summed E-state index contributed by atoms with van der Waals surface area (Å²) in [5.41, 5.74) is 3.27. The number of rotatable bonds is 28. The summed E-state index contributed by atoms with van der Waals surface area (Å²) in [5, 5.41) is 7.78. The highest BCUT2D eigenvalue weighted by atomic mass is 127. The molecule has 0 N–H and O–H groups in total. The summed E-state index contributed by atoms with van der Waals surface area (Å²) in [6.07, 6.45) is 24.3. The maximum absolute atomic E-state index is 7.01. The number of hydrogen-bond acceptors (Lipinski definition) is 4. The van der Waals surface area contributed by atoms with Crippen molar-refractivity contribution in [1.29, 1.82) is 0 Å². The minimum Gasteiger partial charge on any atom is -0.489 e. The van der Waals surface area contributed by atoms with Gasteiger partial charge in [0.25, 0.3) is 0 Å². The van der Waals surface area contributed by atoms with Gasteiger partial charge in [-0.05, 0) is 189 Å². The zero-order valence-electron chi connectivity index (χ0n) is 40.1. The van der Waals surface area contributed by atoms with Gasteiger partial charge in [-0.1, -0.05) is 132 Å². The molecular formula is C56H82I2O4. The number of fused-ring (bicyclic) bond motifs is 8. The van der Waals surface area contributed by atoms with Crippen LogP contribution in [-0.2, 0) is 0 Å². The Kier molecular flexibility index (Phi) is 19.8. The Morgan fingerprint density at radius 2 is 0.677 bits per heavy atom. The van der Waals surface area contributed by atoms with E-state index in [1.54, 1.807) is 11.1 Å². The topological polar surface area (TPSA) is 36.9 Å². The molecule has 0 amide bonds. The normalized spacial score (nSPS) is 18.0. The summed E-state index contributed by atoms with van der Waals surface area (Å²) in [5.74, 6) is 6.96. The molecule has 0 heterocycles. The van der Waals surface area contributed by atoms with Gasteiger partial charge in [-0.25, -0.2) is 0 Å². The van der Waals surface area contributed by atoms with Crippen LogP contribution in [0.5, 0.6) is 23.0 Å². The van der Waals surface area contributed by atoms with Crippen molar-refractivity contribution < 1.29 is 18.9 Å². The molecule has 7 rings (SSSR count). The maximum Gasteiger partial charge on any atom is 0.161 e. The minimum absolute atomic E-state index is 0.521. The second-order valence-corrected chi connectivity index (χ2v) is 21.5. The van der Waals surface area contributed by atoms with Gasteiger partial charge in [-0.2, -0.15) is 0 Å². The fourth-order valence-electron chi connectivity index (χ4n) is 10.6. The van der Waals surface area contributed by atoms with Crippen molar-refractivity contribution in [3.05, 3.63) is 42.5 Å². The molecule has 4 nitrogen and oxygen atoms in total. The molecule has 6 heteroatoms. The molecule has 2 bridgehead atoms. The van der Waals surface area contributed by atoms with E-state index in [2.05, 4.69) is 125 Å². The smallest absolute Gasteiger partial charge is 0.161 e. The number of hydrogen-bond donors (Lipinski definition) is 0. The Morgan fingerprint density at radius 3 is 0.919 bits per heavy atom. The minimum atomic E-state index is 0.521. The Bertz CT molecular complexity index is 1890. The summed E-state index contributed by atoms with van der Waals surface area (Å²) >= 11 is 5.51. The van der Waals surface area contributed by atoms with E-state index in [1.165, 1.54) is 142 Å². The van der Waals surface area contributed by atoms with Crippen LogP contribution in [-0.4, -0.2) is 26.4 Å². The largest absolute Gasteiger partial charge is 0.489 e. The predicted molar refractivity (Wildman–Crippen MR) is 284 cm³/mol. The van der Waals surface area contributed by atoms with Gasteiger partial charge in [0.2, 0.25) is 0 Å². The molecule has 4 aromatic rings. The van der Waals surface area contributed by atoms with Crippen molar-refractivity contribution >= 4 is 77.5 Å². The summed E-state index contributed by atoms with van der Waals surface area (Å²) in [4.78, 5) is 0. The van der Waals surface area contributed by atoms with E-state index in [9.17, 15) is 0 Å². The maximum atomic E-state index is 7.01. The van der Waals surface area contributed by atoms with Gasteiger partial charge < -0.3 is 18.9 Å². The Labute approximate surface area is 404 Å². The quantitative estimate of drug-likeness (QED) is 0.0420. The highest BCUT2D eigenvalue weighted by molar-refractivity contribution is 14.1. The van der Waals surface area contributed by atoms with Crippen molar-refractivity contribution in [2.24, 2.45) is 23.7 Å². The lowest BCUT2D eigenvalue weighted by Gasteiger charge is -2.40.